The van der Waals surface area contributed by atoms with Crippen molar-refractivity contribution in [1.29, 1.82) is 0 Å². The van der Waals surface area contributed by atoms with Crippen LogP contribution in [0, 0.1) is 5.82 Å². The Hall–Kier alpha value is -1.71. The van der Waals surface area contributed by atoms with E-state index in [1.54, 1.807) is 25.1 Å². The Kier molecular flexibility index (Phi) is 6.80. The number of nitrogens with zero attached hydrogens (tertiary/aromatic N) is 2. The van der Waals surface area contributed by atoms with Crippen molar-refractivity contribution in [3.8, 4) is 0 Å². The molecule has 3 rings (SSSR count). The van der Waals surface area contributed by atoms with Gasteiger partial charge in [-0.15, -0.1) is 0 Å². The number of anilines is 1. The zero-order valence-corrected chi connectivity index (χ0v) is 17.9. The van der Waals surface area contributed by atoms with Crippen LogP contribution in [0.25, 0.3) is 0 Å². The lowest BCUT2D eigenvalue weighted by Crippen LogP contribution is -2.53. The molecule has 29 heavy (non-hydrogen) atoms. The van der Waals surface area contributed by atoms with Crippen molar-refractivity contribution in [3.63, 3.8) is 0 Å². The number of hydrogen-bond acceptors (Lipinski definition) is 4. The predicted octanol–water partition coefficient (Wildman–Crippen LogP) is 3.47. The molecule has 1 fully saturated rings. The van der Waals surface area contributed by atoms with Gasteiger partial charge in [-0.2, -0.15) is 4.31 Å². The highest BCUT2D eigenvalue weighted by Crippen LogP contribution is 2.25. The number of carbonyl (C=O) groups excluding carboxylic acids is 1. The summed E-state index contributed by atoms with van der Waals surface area (Å²) in [4.78, 5) is 14.5. The predicted molar refractivity (Wildman–Crippen MR) is 111 cm³/mol. The van der Waals surface area contributed by atoms with Crippen LogP contribution in [-0.2, 0) is 14.8 Å². The molecule has 1 amide bonds. The smallest absolute Gasteiger partial charge is 0.244 e. The van der Waals surface area contributed by atoms with E-state index in [1.165, 1.54) is 28.6 Å². The number of carbonyl (C=O) groups is 1. The highest BCUT2D eigenvalue weighted by Gasteiger charge is 2.32. The molecule has 2 aromatic carbocycles. The first-order valence-corrected chi connectivity index (χ1v) is 11.1. The molecule has 1 N–H and O–H groups in total. The standard InChI is InChI=1S/C19H20Cl2FN3O3S/c1-13(19(26)23-14-6-7-17(22)16(21)12-14)24-8-10-25(11-9-24)29(27,28)18-5-3-2-4-15(18)20/h2-7,12-13H,8-11H2,1H3,(H,23,26). The summed E-state index contributed by atoms with van der Waals surface area (Å²) in [6, 6.07) is 9.78. The van der Waals surface area contributed by atoms with Gasteiger partial charge in [0.1, 0.15) is 10.7 Å². The minimum Gasteiger partial charge on any atom is -0.325 e. The second-order valence-electron chi connectivity index (χ2n) is 6.66. The molecule has 1 atom stereocenters. The first kappa shape index (κ1) is 22.0. The van der Waals surface area contributed by atoms with Crippen LogP contribution in [0.3, 0.4) is 0 Å². The van der Waals surface area contributed by atoms with Gasteiger partial charge in [-0.05, 0) is 37.3 Å². The topological polar surface area (TPSA) is 69.7 Å². The van der Waals surface area contributed by atoms with Crippen LogP contribution >= 0.6 is 23.2 Å². The van der Waals surface area contributed by atoms with Crippen molar-refractivity contribution in [2.24, 2.45) is 0 Å². The Morgan fingerprint density at radius 2 is 1.72 bits per heavy atom. The fraction of sp³-hybridized carbons (Fsp3) is 0.316. The van der Waals surface area contributed by atoms with Gasteiger partial charge in [-0.3, -0.25) is 9.69 Å². The number of benzene rings is 2. The molecule has 10 heteroatoms. The van der Waals surface area contributed by atoms with E-state index in [0.29, 0.717) is 18.8 Å². The maximum Gasteiger partial charge on any atom is 0.244 e. The molecule has 0 aliphatic carbocycles. The largest absolute Gasteiger partial charge is 0.325 e. The summed E-state index contributed by atoms with van der Waals surface area (Å²) in [6.45, 7) is 3.00. The Balaban J connectivity index is 1.61. The van der Waals surface area contributed by atoms with Crippen LogP contribution in [0.5, 0.6) is 0 Å². The number of halogens is 3. The third-order valence-electron chi connectivity index (χ3n) is 4.84. The summed E-state index contributed by atoms with van der Waals surface area (Å²) in [5.41, 5.74) is 0.396. The highest BCUT2D eigenvalue weighted by molar-refractivity contribution is 7.89. The summed E-state index contributed by atoms with van der Waals surface area (Å²) >= 11 is 11.8. The Bertz CT molecular complexity index is 1010. The van der Waals surface area contributed by atoms with Gasteiger partial charge in [0.15, 0.2) is 0 Å². The summed E-state index contributed by atoms with van der Waals surface area (Å²) in [7, 11) is -3.70. The molecule has 0 spiro atoms. The van der Waals surface area contributed by atoms with Gasteiger partial charge in [0, 0.05) is 31.9 Å². The maximum absolute atomic E-state index is 13.3. The molecular weight excluding hydrogens is 440 g/mol. The minimum atomic E-state index is -3.70. The molecule has 6 nitrogen and oxygen atoms in total. The van der Waals surface area contributed by atoms with Gasteiger partial charge in [0.25, 0.3) is 0 Å². The summed E-state index contributed by atoms with van der Waals surface area (Å²) in [6.07, 6.45) is 0. The van der Waals surface area contributed by atoms with Gasteiger partial charge in [0.05, 0.1) is 16.1 Å². The molecule has 0 saturated carbocycles. The number of piperazine rings is 1. The van der Waals surface area contributed by atoms with Gasteiger partial charge >= 0.3 is 0 Å². The van der Waals surface area contributed by atoms with Gasteiger partial charge in [-0.1, -0.05) is 35.3 Å². The van der Waals surface area contributed by atoms with Crippen LogP contribution in [0.4, 0.5) is 10.1 Å². The molecule has 0 aromatic heterocycles. The monoisotopic (exact) mass is 459 g/mol. The van der Waals surface area contributed by atoms with E-state index in [-0.39, 0.29) is 33.9 Å². The number of nitrogens with one attached hydrogen (secondary N) is 1. The third kappa shape index (κ3) is 4.90. The first-order valence-electron chi connectivity index (χ1n) is 8.95. The van der Waals surface area contributed by atoms with Gasteiger partial charge in [-0.25, -0.2) is 12.8 Å². The minimum absolute atomic E-state index is 0.0751. The second kappa shape index (κ2) is 8.97. The normalized spacial score (nSPS) is 17.1. The SMILES string of the molecule is CC(C(=O)Nc1ccc(F)c(Cl)c1)N1CCN(S(=O)(=O)c2ccccc2Cl)CC1. The zero-order chi connectivity index (χ0) is 21.2. The molecule has 1 saturated heterocycles. The average Bonchev–Trinajstić information content (AvgIpc) is 2.70. The van der Waals surface area contributed by atoms with E-state index in [0.717, 1.165) is 0 Å². The lowest BCUT2D eigenvalue weighted by atomic mass is 10.2. The van der Waals surface area contributed by atoms with E-state index in [9.17, 15) is 17.6 Å². The number of sulfonamides is 1. The van der Waals surface area contributed by atoms with E-state index in [2.05, 4.69) is 5.32 Å². The summed E-state index contributed by atoms with van der Waals surface area (Å²) in [5, 5.41) is 2.81. The fourth-order valence-electron chi connectivity index (χ4n) is 3.11. The lowest BCUT2D eigenvalue weighted by molar-refractivity contribution is -0.121. The molecule has 2 aromatic rings. The molecule has 1 unspecified atom stereocenters. The number of amides is 1. The van der Waals surface area contributed by atoms with Crippen LogP contribution in [0.1, 0.15) is 6.92 Å². The number of hydrogen-bond donors (Lipinski definition) is 1. The molecule has 156 valence electrons. The van der Waals surface area contributed by atoms with E-state index in [4.69, 9.17) is 23.2 Å². The summed E-state index contributed by atoms with van der Waals surface area (Å²) in [5.74, 6) is -0.844. The number of rotatable bonds is 5. The van der Waals surface area contributed by atoms with E-state index >= 15 is 0 Å². The summed E-state index contributed by atoms with van der Waals surface area (Å²) < 4.78 is 40.3. The van der Waals surface area contributed by atoms with Crippen LogP contribution in [0.15, 0.2) is 47.4 Å². The Labute approximate surface area is 179 Å². The second-order valence-corrected chi connectivity index (χ2v) is 9.39. The Morgan fingerprint density at radius 1 is 1.07 bits per heavy atom. The molecule has 1 aliphatic heterocycles. The van der Waals surface area contributed by atoms with Crippen molar-refractivity contribution in [2.75, 3.05) is 31.5 Å². The zero-order valence-electron chi connectivity index (χ0n) is 15.6. The maximum atomic E-state index is 13.3. The molecule has 1 heterocycles. The average molecular weight is 460 g/mol. The molecule has 0 radical (unpaired) electrons. The molecular formula is C19H20Cl2FN3O3S. The van der Waals surface area contributed by atoms with Crippen molar-refractivity contribution in [3.05, 3.63) is 58.3 Å². The highest BCUT2D eigenvalue weighted by atomic mass is 35.5. The Morgan fingerprint density at radius 3 is 2.34 bits per heavy atom. The van der Waals surface area contributed by atoms with Crippen molar-refractivity contribution in [2.45, 2.75) is 17.9 Å². The first-order chi connectivity index (χ1) is 13.7. The molecule has 0 bridgehead atoms. The van der Waals surface area contributed by atoms with Gasteiger partial charge in [0.2, 0.25) is 15.9 Å². The van der Waals surface area contributed by atoms with Crippen LogP contribution in [-0.4, -0.2) is 55.8 Å². The quantitative estimate of drug-likeness (QED) is 0.742. The fourth-order valence-corrected chi connectivity index (χ4v) is 5.21. The molecule has 1 aliphatic rings. The third-order valence-corrected chi connectivity index (χ3v) is 7.53. The van der Waals surface area contributed by atoms with Crippen molar-refractivity contribution < 1.29 is 17.6 Å². The van der Waals surface area contributed by atoms with Crippen molar-refractivity contribution in [1.82, 2.24) is 9.21 Å². The van der Waals surface area contributed by atoms with Crippen LogP contribution < -0.4 is 5.32 Å². The van der Waals surface area contributed by atoms with E-state index < -0.39 is 21.9 Å². The van der Waals surface area contributed by atoms with Crippen molar-refractivity contribution >= 4 is 44.8 Å². The van der Waals surface area contributed by atoms with E-state index in [1.807, 2.05) is 4.90 Å². The lowest BCUT2D eigenvalue weighted by Gasteiger charge is -2.36. The van der Waals surface area contributed by atoms with Gasteiger partial charge < -0.3 is 5.32 Å². The van der Waals surface area contributed by atoms with Crippen LogP contribution in [0.2, 0.25) is 10.0 Å².